The summed E-state index contributed by atoms with van der Waals surface area (Å²) in [5.41, 5.74) is 9.78. The minimum absolute atomic E-state index is 0.0616. The number of hydrogen-bond acceptors (Lipinski definition) is 4. The lowest BCUT2D eigenvalue weighted by atomic mass is 9.75. The number of nitrogens with two attached hydrogens (primary N) is 1. The molecule has 1 aliphatic rings. The van der Waals surface area contributed by atoms with Crippen LogP contribution in [-0.2, 0) is 6.42 Å². The maximum absolute atomic E-state index is 6.29. The van der Waals surface area contributed by atoms with Gasteiger partial charge < -0.3 is 5.73 Å². The Morgan fingerprint density at radius 3 is 2.75 bits per heavy atom. The summed E-state index contributed by atoms with van der Waals surface area (Å²) >= 11 is 0. The van der Waals surface area contributed by atoms with Gasteiger partial charge in [0.1, 0.15) is 5.82 Å². The smallest absolute Gasteiger partial charge is 0.157 e. The Balaban J connectivity index is 2.13. The Bertz CT molecular complexity index is 636. The van der Waals surface area contributed by atoms with E-state index in [2.05, 4.69) is 28.9 Å². The van der Waals surface area contributed by atoms with Crippen LogP contribution in [0.3, 0.4) is 0 Å². The third-order valence-corrected chi connectivity index (χ3v) is 3.89. The van der Waals surface area contributed by atoms with Crippen LogP contribution < -0.4 is 5.73 Å². The molecule has 5 heteroatoms. The lowest BCUT2D eigenvalue weighted by Crippen LogP contribution is -2.30. The summed E-state index contributed by atoms with van der Waals surface area (Å²) in [6.07, 6.45) is 3.85. The minimum Gasteiger partial charge on any atom is -0.324 e. The Hall–Kier alpha value is -1.75. The summed E-state index contributed by atoms with van der Waals surface area (Å²) in [6, 6.07) is 2.03. The van der Waals surface area contributed by atoms with Crippen LogP contribution in [0.4, 0.5) is 0 Å². The lowest BCUT2D eigenvalue weighted by Gasteiger charge is -2.33. The van der Waals surface area contributed by atoms with Crippen molar-refractivity contribution < 1.29 is 0 Å². The van der Waals surface area contributed by atoms with E-state index in [0.717, 1.165) is 35.7 Å². The van der Waals surface area contributed by atoms with Gasteiger partial charge in [0.05, 0.1) is 11.9 Å². The van der Waals surface area contributed by atoms with Gasteiger partial charge in [0.2, 0.25) is 0 Å². The van der Waals surface area contributed by atoms with Gasteiger partial charge in [0.25, 0.3) is 0 Å². The first-order chi connectivity index (χ1) is 9.35. The van der Waals surface area contributed by atoms with Crippen molar-refractivity contribution in [2.24, 2.45) is 11.1 Å². The van der Waals surface area contributed by atoms with Crippen molar-refractivity contribution in [1.29, 1.82) is 0 Å². The number of rotatable bonds is 1. The fourth-order valence-corrected chi connectivity index (χ4v) is 3.11. The highest BCUT2D eigenvalue weighted by Gasteiger charge is 2.33. The summed E-state index contributed by atoms with van der Waals surface area (Å²) in [7, 11) is 0. The number of hydrogen-bond donors (Lipinski definition) is 1. The summed E-state index contributed by atoms with van der Waals surface area (Å²) < 4.78 is 1.93. The van der Waals surface area contributed by atoms with E-state index in [1.54, 1.807) is 0 Å². The van der Waals surface area contributed by atoms with Crippen molar-refractivity contribution in [3.63, 3.8) is 0 Å². The van der Waals surface area contributed by atoms with Gasteiger partial charge in [0, 0.05) is 23.4 Å². The van der Waals surface area contributed by atoms with Gasteiger partial charge in [-0.25, -0.2) is 14.6 Å². The fourth-order valence-electron chi connectivity index (χ4n) is 3.11. The number of nitrogens with zero attached hydrogens (tertiary/aromatic N) is 4. The molecule has 5 nitrogen and oxygen atoms in total. The highest BCUT2D eigenvalue weighted by Crippen LogP contribution is 2.39. The first-order valence-electron chi connectivity index (χ1n) is 7.01. The van der Waals surface area contributed by atoms with Crippen molar-refractivity contribution in [3.05, 3.63) is 35.0 Å². The van der Waals surface area contributed by atoms with E-state index in [9.17, 15) is 0 Å². The average Bonchev–Trinajstić information content (AvgIpc) is 2.69. The Labute approximate surface area is 119 Å². The van der Waals surface area contributed by atoms with E-state index < -0.39 is 0 Å². The van der Waals surface area contributed by atoms with E-state index >= 15 is 0 Å². The van der Waals surface area contributed by atoms with Gasteiger partial charge in [-0.15, -0.1) is 0 Å². The highest BCUT2D eigenvalue weighted by atomic mass is 15.3. The molecule has 0 aromatic carbocycles. The average molecular weight is 271 g/mol. The lowest BCUT2D eigenvalue weighted by molar-refractivity contribution is 0.277. The molecule has 0 aliphatic heterocycles. The first-order valence-corrected chi connectivity index (χ1v) is 7.01. The monoisotopic (exact) mass is 271 g/mol. The second-order valence-electron chi connectivity index (χ2n) is 6.52. The summed E-state index contributed by atoms with van der Waals surface area (Å²) in [4.78, 5) is 8.83. The zero-order chi connectivity index (χ0) is 14.5. The van der Waals surface area contributed by atoms with Gasteiger partial charge in [-0.3, -0.25) is 0 Å². The molecule has 0 saturated carbocycles. The van der Waals surface area contributed by atoms with Gasteiger partial charge in [-0.2, -0.15) is 5.10 Å². The predicted molar refractivity (Wildman–Crippen MR) is 77.7 cm³/mol. The molecule has 0 bridgehead atoms. The van der Waals surface area contributed by atoms with Crippen LogP contribution in [0.5, 0.6) is 0 Å². The van der Waals surface area contributed by atoms with Crippen LogP contribution in [-0.4, -0.2) is 19.7 Å². The van der Waals surface area contributed by atoms with Crippen LogP contribution in [0.2, 0.25) is 0 Å². The standard InChI is InChI=1S/C15H21N5/c1-9-5-14(19-10(2)18-9)20-13-7-15(3,4)6-12(16)11(13)8-17-20/h5,8,12H,6-7,16H2,1-4H3. The molecule has 0 amide bonds. The molecule has 1 atom stereocenters. The normalized spacial score (nSPS) is 20.8. The number of aryl methyl sites for hydroxylation is 2. The quantitative estimate of drug-likeness (QED) is 0.863. The molecule has 2 aromatic heterocycles. The van der Waals surface area contributed by atoms with Gasteiger partial charge >= 0.3 is 0 Å². The first kappa shape index (κ1) is 13.2. The molecule has 1 unspecified atom stereocenters. The molecule has 3 rings (SSSR count). The molecule has 0 radical (unpaired) electrons. The van der Waals surface area contributed by atoms with Gasteiger partial charge in [-0.1, -0.05) is 13.8 Å². The largest absolute Gasteiger partial charge is 0.324 e. The molecular weight excluding hydrogens is 250 g/mol. The third-order valence-electron chi connectivity index (χ3n) is 3.89. The zero-order valence-electron chi connectivity index (χ0n) is 12.5. The SMILES string of the molecule is Cc1cc(-n2ncc3c2CC(C)(C)CC3N)nc(C)n1. The van der Waals surface area contributed by atoms with Crippen molar-refractivity contribution in [2.75, 3.05) is 0 Å². The molecule has 106 valence electrons. The molecule has 20 heavy (non-hydrogen) atoms. The minimum atomic E-state index is 0.0616. The number of fused-ring (bicyclic) bond motifs is 1. The fraction of sp³-hybridized carbons (Fsp3) is 0.533. The number of aromatic nitrogens is 4. The molecule has 0 fully saturated rings. The molecule has 2 aromatic rings. The maximum atomic E-state index is 6.29. The van der Waals surface area contributed by atoms with Crippen LogP contribution in [0.15, 0.2) is 12.3 Å². The van der Waals surface area contributed by atoms with E-state index in [-0.39, 0.29) is 11.5 Å². The second kappa shape index (κ2) is 4.38. The van der Waals surface area contributed by atoms with Crippen LogP contribution in [0, 0.1) is 19.3 Å². The van der Waals surface area contributed by atoms with Crippen molar-refractivity contribution in [2.45, 2.75) is 46.6 Å². The van der Waals surface area contributed by atoms with Crippen LogP contribution in [0.25, 0.3) is 5.82 Å². The van der Waals surface area contributed by atoms with Crippen LogP contribution >= 0.6 is 0 Å². The van der Waals surface area contributed by atoms with Crippen molar-refractivity contribution in [1.82, 2.24) is 19.7 Å². The molecule has 0 saturated heterocycles. The van der Waals surface area contributed by atoms with E-state index in [4.69, 9.17) is 5.73 Å². The third kappa shape index (κ3) is 2.22. The molecule has 1 aliphatic carbocycles. The van der Waals surface area contributed by atoms with E-state index in [1.165, 1.54) is 5.69 Å². The Morgan fingerprint density at radius 1 is 1.30 bits per heavy atom. The Morgan fingerprint density at radius 2 is 2.05 bits per heavy atom. The molecule has 2 N–H and O–H groups in total. The van der Waals surface area contributed by atoms with Crippen molar-refractivity contribution in [3.8, 4) is 5.82 Å². The molecule has 0 spiro atoms. The highest BCUT2D eigenvalue weighted by molar-refractivity contribution is 5.34. The van der Waals surface area contributed by atoms with Gasteiger partial charge in [-0.05, 0) is 32.1 Å². The summed E-state index contributed by atoms with van der Waals surface area (Å²) in [6.45, 7) is 8.39. The Kier molecular flexibility index (Phi) is 2.90. The zero-order valence-corrected chi connectivity index (χ0v) is 12.5. The molecular formula is C15H21N5. The van der Waals surface area contributed by atoms with E-state index in [1.807, 2.05) is 30.8 Å². The summed E-state index contributed by atoms with van der Waals surface area (Å²) in [5.74, 6) is 1.60. The topological polar surface area (TPSA) is 69.6 Å². The molecule has 2 heterocycles. The predicted octanol–water partition coefficient (Wildman–Crippen LogP) is 2.25. The van der Waals surface area contributed by atoms with Gasteiger partial charge in [0.15, 0.2) is 5.82 Å². The summed E-state index contributed by atoms with van der Waals surface area (Å²) in [5, 5.41) is 4.51. The maximum Gasteiger partial charge on any atom is 0.157 e. The second-order valence-corrected chi connectivity index (χ2v) is 6.52. The van der Waals surface area contributed by atoms with Crippen molar-refractivity contribution >= 4 is 0 Å². The van der Waals surface area contributed by atoms with E-state index in [0.29, 0.717) is 0 Å². The van der Waals surface area contributed by atoms with Crippen LogP contribution in [0.1, 0.15) is 49.1 Å².